The normalized spacial score (nSPS) is 27.0. The van der Waals surface area contributed by atoms with Gasteiger partial charge in [-0.15, -0.1) is 0 Å². The molecule has 0 aromatic heterocycles. The minimum Gasteiger partial charge on any atom is -0.444 e. The molecule has 4 nitrogen and oxygen atoms in total. The van der Waals surface area contributed by atoms with Crippen LogP contribution in [0.1, 0.15) is 53.0 Å². The Morgan fingerprint density at radius 2 is 1.92 bits per heavy atom. The van der Waals surface area contributed by atoms with E-state index in [1.165, 1.54) is 0 Å². The number of alkyl carbamates (subject to hydrolysis) is 1. The van der Waals surface area contributed by atoms with Crippen molar-refractivity contribution in [3.05, 3.63) is 35.9 Å². The van der Waals surface area contributed by atoms with E-state index in [0.29, 0.717) is 18.4 Å². The van der Waals surface area contributed by atoms with Gasteiger partial charge in [0, 0.05) is 0 Å². The van der Waals surface area contributed by atoms with Crippen LogP contribution in [0, 0.1) is 11.8 Å². The highest BCUT2D eigenvalue weighted by Crippen LogP contribution is 2.36. The number of hydrogen-bond donors (Lipinski definition) is 1. The van der Waals surface area contributed by atoms with Gasteiger partial charge in [0.1, 0.15) is 5.60 Å². The van der Waals surface area contributed by atoms with Crippen LogP contribution in [0.25, 0.3) is 0 Å². The third kappa shape index (κ3) is 5.23. The summed E-state index contributed by atoms with van der Waals surface area (Å²) in [6.45, 7) is 10.6. The lowest BCUT2D eigenvalue weighted by Crippen LogP contribution is -2.44. The lowest BCUT2D eigenvalue weighted by molar-refractivity contribution is -0.00541. The summed E-state index contributed by atoms with van der Waals surface area (Å²) >= 11 is 0. The molecule has 0 heterocycles. The highest BCUT2D eigenvalue weighted by molar-refractivity contribution is 5.68. The van der Waals surface area contributed by atoms with Gasteiger partial charge in [-0.3, -0.25) is 0 Å². The van der Waals surface area contributed by atoms with Crippen molar-refractivity contribution in [3.63, 3.8) is 0 Å². The second-order valence-electron chi connectivity index (χ2n) is 7.78. The third-order valence-corrected chi connectivity index (χ3v) is 4.73. The number of rotatable bonds is 5. The fourth-order valence-corrected chi connectivity index (χ4v) is 3.48. The molecule has 1 aliphatic carbocycles. The monoisotopic (exact) mass is 333 g/mol. The number of carbonyl (C=O) groups is 1. The van der Waals surface area contributed by atoms with Crippen molar-refractivity contribution in [2.75, 3.05) is 0 Å². The van der Waals surface area contributed by atoms with E-state index in [-0.39, 0.29) is 18.2 Å². The molecule has 1 N–H and O–H groups in total. The zero-order valence-electron chi connectivity index (χ0n) is 15.5. The summed E-state index contributed by atoms with van der Waals surface area (Å²) in [5.41, 5.74) is 0.666. The summed E-state index contributed by atoms with van der Waals surface area (Å²) < 4.78 is 11.6. The Morgan fingerprint density at radius 1 is 1.25 bits per heavy atom. The molecule has 0 radical (unpaired) electrons. The van der Waals surface area contributed by atoms with E-state index in [0.717, 1.165) is 18.4 Å². The Balaban J connectivity index is 1.99. The van der Waals surface area contributed by atoms with Crippen molar-refractivity contribution in [1.29, 1.82) is 0 Å². The standard InChI is InChI=1S/C20H31NO3/c1-6-16-12-17(21-19(22)24-20(3,4)5)18(14(16)2)23-13-15-10-8-7-9-11-15/h7-11,14,16-18H,6,12-13H2,1-5H3,(H,21,22)/t14-,16-,17+,18?/m0/s1. The maximum Gasteiger partial charge on any atom is 0.407 e. The fraction of sp³-hybridized carbons (Fsp3) is 0.650. The van der Waals surface area contributed by atoms with Crippen molar-refractivity contribution in [2.45, 2.75) is 71.8 Å². The van der Waals surface area contributed by atoms with Gasteiger partial charge in [0.2, 0.25) is 0 Å². The first-order chi connectivity index (χ1) is 11.3. The molecule has 134 valence electrons. The molecule has 1 aromatic carbocycles. The van der Waals surface area contributed by atoms with Crippen molar-refractivity contribution in [3.8, 4) is 0 Å². The molecule has 0 spiro atoms. The van der Waals surface area contributed by atoms with Crippen LogP contribution in [0.4, 0.5) is 4.79 Å². The number of benzene rings is 1. The fourth-order valence-electron chi connectivity index (χ4n) is 3.48. The van der Waals surface area contributed by atoms with Crippen molar-refractivity contribution < 1.29 is 14.3 Å². The van der Waals surface area contributed by atoms with E-state index in [1.54, 1.807) is 0 Å². The zero-order valence-corrected chi connectivity index (χ0v) is 15.5. The predicted octanol–water partition coefficient (Wildman–Crippen LogP) is 4.53. The zero-order chi connectivity index (χ0) is 17.7. The maximum atomic E-state index is 12.1. The molecule has 1 amide bonds. The lowest BCUT2D eigenvalue weighted by atomic mass is 9.94. The van der Waals surface area contributed by atoms with Crippen molar-refractivity contribution in [2.24, 2.45) is 11.8 Å². The average molecular weight is 333 g/mol. The average Bonchev–Trinajstić information content (AvgIpc) is 2.79. The van der Waals surface area contributed by atoms with Crippen LogP contribution in [0.2, 0.25) is 0 Å². The Hall–Kier alpha value is -1.55. The van der Waals surface area contributed by atoms with Gasteiger partial charge in [0.25, 0.3) is 0 Å². The summed E-state index contributed by atoms with van der Waals surface area (Å²) in [6.07, 6.45) is 1.70. The smallest absolute Gasteiger partial charge is 0.407 e. The van der Waals surface area contributed by atoms with E-state index < -0.39 is 5.60 Å². The molecule has 1 saturated carbocycles. The van der Waals surface area contributed by atoms with Crippen LogP contribution in [0.15, 0.2) is 30.3 Å². The third-order valence-electron chi connectivity index (χ3n) is 4.73. The summed E-state index contributed by atoms with van der Waals surface area (Å²) in [4.78, 5) is 12.1. The maximum absolute atomic E-state index is 12.1. The molecule has 0 aliphatic heterocycles. The molecular formula is C20H31NO3. The minimum atomic E-state index is -0.487. The molecule has 0 bridgehead atoms. The molecule has 1 aromatic rings. The van der Waals surface area contributed by atoms with Gasteiger partial charge in [-0.2, -0.15) is 0 Å². The van der Waals surface area contributed by atoms with E-state index >= 15 is 0 Å². The highest BCUT2D eigenvalue weighted by Gasteiger charge is 2.41. The summed E-state index contributed by atoms with van der Waals surface area (Å²) in [6, 6.07) is 10.2. The highest BCUT2D eigenvalue weighted by atomic mass is 16.6. The van der Waals surface area contributed by atoms with Crippen LogP contribution in [-0.4, -0.2) is 23.8 Å². The molecule has 1 fully saturated rings. The summed E-state index contributed by atoms with van der Waals surface area (Å²) in [5, 5.41) is 3.03. The SMILES string of the molecule is CC[C@H]1C[C@@H](NC(=O)OC(C)(C)C)C(OCc2ccccc2)[C@H]1C. The summed E-state index contributed by atoms with van der Waals surface area (Å²) in [5.74, 6) is 0.976. The molecule has 24 heavy (non-hydrogen) atoms. The Labute approximate surface area is 145 Å². The first-order valence-electron chi connectivity index (χ1n) is 8.95. The van der Waals surface area contributed by atoms with Gasteiger partial charge < -0.3 is 14.8 Å². The number of amides is 1. The van der Waals surface area contributed by atoms with Crippen LogP contribution in [-0.2, 0) is 16.1 Å². The Bertz CT molecular complexity index is 523. The summed E-state index contributed by atoms with van der Waals surface area (Å²) in [7, 11) is 0. The number of hydrogen-bond acceptors (Lipinski definition) is 3. The van der Waals surface area contributed by atoms with Gasteiger partial charge >= 0.3 is 6.09 Å². The van der Waals surface area contributed by atoms with Crippen LogP contribution >= 0.6 is 0 Å². The van der Waals surface area contributed by atoms with Crippen LogP contribution < -0.4 is 5.32 Å². The number of nitrogens with one attached hydrogen (secondary N) is 1. The Morgan fingerprint density at radius 3 is 2.50 bits per heavy atom. The van der Waals surface area contributed by atoms with Crippen molar-refractivity contribution >= 4 is 6.09 Å². The lowest BCUT2D eigenvalue weighted by Gasteiger charge is -2.26. The molecule has 2 rings (SSSR count). The Kier molecular flexibility index (Phi) is 6.27. The van der Waals surface area contributed by atoms with Crippen LogP contribution in [0.5, 0.6) is 0 Å². The van der Waals surface area contributed by atoms with Gasteiger partial charge in [-0.25, -0.2) is 4.79 Å². The van der Waals surface area contributed by atoms with Gasteiger partial charge in [-0.05, 0) is 44.6 Å². The van der Waals surface area contributed by atoms with E-state index in [9.17, 15) is 4.79 Å². The largest absolute Gasteiger partial charge is 0.444 e. The number of ether oxygens (including phenoxy) is 2. The topological polar surface area (TPSA) is 47.6 Å². The molecule has 0 saturated heterocycles. The van der Waals surface area contributed by atoms with Gasteiger partial charge in [-0.1, -0.05) is 50.6 Å². The second kappa shape index (κ2) is 8.02. The molecule has 4 atom stereocenters. The van der Waals surface area contributed by atoms with E-state index in [2.05, 4.69) is 31.3 Å². The predicted molar refractivity (Wildman–Crippen MR) is 95.7 cm³/mol. The molecular weight excluding hydrogens is 302 g/mol. The van der Waals surface area contributed by atoms with Gasteiger partial charge in [0.15, 0.2) is 0 Å². The first-order valence-corrected chi connectivity index (χ1v) is 8.95. The molecule has 1 unspecified atom stereocenters. The first kappa shape index (κ1) is 18.8. The van der Waals surface area contributed by atoms with Crippen molar-refractivity contribution in [1.82, 2.24) is 5.32 Å². The quantitative estimate of drug-likeness (QED) is 0.861. The van der Waals surface area contributed by atoms with E-state index in [1.807, 2.05) is 39.0 Å². The van der Waals surface area contributed by atoms with E-state index in [4.69, 9.17) is 9.47 Å². The molecule has 1 aliphatic rings. The molecule has 4 heteroatoms. The minimum absolute atomic E-state index is 0.00325. The van der Waals surface area contributed by atoms with Gasteiger partial charge in [0.05, 0.1) is 18.8 Å². The van der Waals surface area contributed by atoms with Crippen LogP contribution in [0.3, 0.4) is 0 Å². The number of carbonyl (C=O) groups excluding carboxylic acids is 1. The second-order valence-corrected chi connectivity index (χ2v) is 7.78.